The molecule has 0 bridgehead atoms. The highest BCUT2D eigenvalue weighted by molar-refractivity contribution is 7.73. The molecule has 0 amide bonds. The van der Waals surface area contributed by atoms with Crippen molar-refractivity contribution in [3.05, 3.63) is 127 Å². The number of hydrogen-bond donors (Lipinski definition) is 1. The van der Waals surface area contributed by atoms with E-state index in [-0.39, 0.29) is 35.8 Å². The van der Waals surface area contributed by atoms with Crippen molar-refractivity contribution < 1.29 is 33.1 Å². The monoisotopic (exact) mass is 706 g/mol. The minimum atomic E-state index is -2.58. The van der Waals surface area contributed by atoms with E-state index < -0.39 is 27.4 Å². The summed E-state index contributed by atoms with van der Waals surface area (Å²) in [4.78, 5) is 22.3. The summed E-state index contributed by atoms with van der Waals surface area (Å²) in [5, 5.41) is 11.5. The predicted molar refractivity (Wildman–Crippen MR) is 198 cm³/mol. The average molecular weight is 707 g/mol. The molecule has 254 valence electrons. The van der Waals surface area contributed by atoms with Gasteiger partial charge in [0.2, 0.25) is 0 Å². The lowest BCUT2D eigenvalue weighted by Crippen LogP contribution is -2.19. The zero-order valence-corrected chi connectivity index (χ0v) is 30.2. The fourth-order valence-corrected chi connectivity index (χ4v) is 14.9. The second kappa shape index (κ2) is 17.3. The second-order valence-corrected chi connectivity index (χ2v) is 21.4. The molecule has 6 atom stereocenters. The molecule has 3 aromatic rings. The van der Waals surface area contributed by atoms with E-state index in [2.05, 4.69) is 19.1 Å². The molecule has 3 aromatic carbocycles. The first kappa shape index (κ1) is 37.3. The number of carbonyl (C=O) groups excluding carboxylic acids is 1. The zero-order chi connectivity index (χ0) is 34.6. The molecule has 1 N–H and O–H groups in total. The topological polar surface area (TPSA) is 115 Å². The van der Waals surface area contributed by atoms with E-state index in [1.807, 2.05) is 109 Å². The summed E-state index contributed by atoms with van der Waals surface area (Å²) in [6, 6.07) is 28.5. The van der Waals surface area contributed by atoms with E-state index in [9.17, 15) is 23.3 Å². The fraction of sp³-hybridized carbons (Fsp3) is 0.316. The molecule has 0 saturated carbocycles. The lowest BCUT2D eigenvalue weighted by atomic mass is 10.3. The van der Waals surface area contributed by atoms with Crippen molar-refractivity contribution in [1.82, 2.24) is 0 Å². The van der Waals surface area contributed by atoms with E-state index in [4.69, 9.17) is 9.84 Å². The van der Waals surface area contributed by atoms with E-state index >= 15 is 0 Å². The maximum absolute atomic E-state index is 13.0. The molecule has 0 fully saturated rings. The molecular formula is C38H45O7P3. The van der Waals surface area contributed by atoms with Gasteiger partial charge in [-0.2, -0.15) is 0 Å². The van der Waals surface area contributed by atoms with Crippen LogP contribution >= 0.6 is 21.4 Å². The third-order valence-electron chi connectivity index (χ3n) is 8.87. The molecule has 3 aliphatic rings. The quantitative estimate of drug-likeness (QED) is 0.138. The largest absolute Gasteiger partial charge is 0.481 e. The number of carbonyl (C=O) groups is 2. The van der Waals surface area contributed by atoms with Gasteiger partial charge < -0.3 is 23.5 Å². The SMILES string of the molecule is CCOC(=O)C[C@H]1C=CC[P@]1(=O)c1ccccc1.CC[C@H]1C=CC[P@]1(=O)c1ccccc1.O=C(O)C[C@@H]1C=CC[P@@]1(=O)c1ccccc1. The minimum Gasteiger partial charge on any atom is -0.481 e. The third-order valence-corrected chi connectivity index (χ3v) is 19.1. The molecule has 3 heterocycles. The predicted octanol–water partition coefficient (Wildman–Crippen LogP) is 7.68. The van der Waals surface area contributed by atoms with Crippen LogP contribution in [0.15, 0.2) is 127 Å². The number of carboxylic acid groups (broad SMARTS) is 1. The number of esters is 1. The van der Waals surface area contributed by atoms with Crippen LogP contribution < -0.4 is 15.9 Å². The van der Waals surface area contributed by atoms with Gasteiger partial charge in [0.15, 0.2) is 0 Å². The maximum atomic E-state index is 13.0. The van der Waals surface area contributed by atoms with Crippen LogP contribution in [0.25, 0.3) is 0 Å². The molecule has 10 heteroatoms. The first-order valence-electron chi connectivity index (χ1n) is 16.4. The van der Waals surface area contributed by atoms with Crippen LogP contribution in [0.1, 0.15) is 33.1 Å². The van der Waals surface area contributed by atoms with E-state index in [1.54, 1.807) is 13.0 Å². The second-order valence-electron chi connectivity index (χ2n) is 11.9. The summed E-state index contributed by atoms with van der Waals surface area (Å²) in [5.74, 6) is -1.17. The van der Waals surface area contributed by atoms with Gasteiger partial charge >= 0.3 is 11.9 Å². The summed E-state index contributed by atoms with van der Waals surface area (Å²) in [7, 11) is -7.24. The van der Waals surface area contributed by atoms with Crippen molar-refractivity contribution in [1.29, 1.82) is 0 Å². The Hall–Kier alpha value is -3.49. The van der Waals surface area contributed by atoms with Crippen LogP contribution in [0, 0.1) is 0 Å². The van der Waals surface area contributed by atoms with Crippen molar-refractivity contribution in [2.45, 2.75) is 50.1 Å². The number of benzene rings is 3. The van der Waals surface area contributed by atoms with Crippen molar-refractivity contribution in [3.63, 3.8) is 0 Å². The van der Waals surface area contributed by atoms with Crippen LogP contribution in [-0.4, -0.2) is 59.1 Å². The van der Waals surface area contributed by atoms with Crippen LogP contribution in [0.5, 0.6) is 0 Å². The molecule has 0 aliphatic carbocycles. The molecule has 6 rings (SSSR count). The Balaban J connectivity index is 0.000000164. The standard InChI is InChI=1S/C14H17O3P.C12H13O3P.C12H15OP/c1-2-17-14(15)11-13-9-6-10-18(13,16)12-7-4-3-5-8-12;13-12(14)9-11-7-4-8-16(11,15)10-5-2-1-3-6-10;1-2-11-9-6-10-14(11,13)12-7-4-3-5-8-12/h3-9,13H,2,10-11H2,1H3;1-7,11H,8-9H2,(H,13,14);3-9,11H,2,10H2,1H3/t13-,18+;11-,16+;11-,14+/m100/s1. The molecule has 0 aromatic heterocycles. The van der Waals surface area contributed by atoms with Crippen molar-refractivity contribution in [3.8, 4) is 0 Å². The van der Waals surface area contributed by atoms with Gasteiger partial charge in [0.1, 0.15) is 21.4 Å². The molecule has 48 heavy (non-hydrogen) atoms. The van der Waals surface area contributed by atoms with E-state index in [0.29, 0.717) is 18.9 Å². The number of aliphatic carboxylic acids is 1. The zero-order valence-electron chi connectivity index (χ0n) is 27.5. The van der Waals surface area contributed by atoms with Crippen molar-refractivity contribution >= 4 is 49.3 Å². The lowest BCUT2D eigenvalue weighted by molar-refractivity contribution is -0.143. The van der Waals surface area contributed by atoms with Crippen molar-refractivity contribution in [2.24, 2.45) is 0 Å². The Morgan fingerprint density at radius 3 is 1.31 bits per heavy atom. The number of carboxylic acids is 1. The smallest absolute Gasteiger partial charge is 0.306 e. The normalized spacial score (nSPS) is 28.2. The molecule has 3 aliphatic heterocycles. The highest BCUT2D eigenvalue weighted by Crippen LogP contribution is 2.56. The third kappa shape index (κ3) is 8.94. The van der Waals surface area contributed by atoms with Crippen LogP contribution in [-0.2, 0) is 28.0 Å². The molecule has 0 radical (unpaired) electrons. The van der Waals surface area contributed by atoms with Gasteiger partial charge in [-0.05, 0) is 13.3 Å². The van der Waals surface area contributed by atoms with Crippen LogP contribution in [0.2, 0.25) is 0 Å². The lowest BCUT2D eigenvalue weighted by Gasteiger charge is -2.20. The van der Waals surface area contributed by atoms with Crippen molar-refractivity contribution in [2.75, 3.05) is 25.1 Å². The maximum Gasteiger partial charge on any atom is 0.306 e. The van der Waals surface area contributed by atoms with Gasteiger partial charge in [0.05, 0.1) is 19.4 Å². The number of allylic oxidation sites excluding steroid dienone is 6. The first-order chi connectivity index (χ1) is 23.1. The fourth-order valence-electron chi connectivity index (χ4n) is 6.31. The summed E-state index contributed by atoms with van der Waals surface area (Å²) in [6.45, 7) is 4.25. The van der Waals surface area contributed by atoms with Crippen LogP contribution in [0.4, 0.5) is 0 Å². The average Bonchev–Trinajstić information content (AvgIpc) is 3.80. The van der Waals surface area contributed by atoms with Gasteiger partial charge in [0.25, 0.3) is 0 Å². The summed E-state index contributed by atoms with van der Waals surface area (Å²) in [6.07, 6.45) is 14.5. The van der Waals surface area contributed by atoms with Gasteiger partial charge in [-0.25, -0.2) is 0 Å². The highest BCUT2D eigenvalue weighted by atomic mass is 31.2. The Labute approximate surface area is 284 Å². The minimum absolute atomic E-state index is 0.0529. The van der Waals surface area contributed by atoms with Gasteiger partial charge in [-0.15, -0.1) is 0 Å². The van der Waals surface area contributed by atoms with Gasteiger partial charge in [0, 0.05) is 51.4 Å². The Morgan fingerprint density at radius 1 is 0.604 bits per heavy atom. The summed E-state index contributed by atoms with van der Waals surface area (Å²) in [5.41, 5.74) is -0.281. The number of rotatable bonds is 9. The van der Waals surface area contributed by atoms with Gasteiger partial charge in [-0.1, -0.05) is 134 Å². The number of hydrogen-bond acceptors (Lipinski definition) is 6. The first-order valence-corrected chi connectivity index (χ1v) is 22.3. The van der Waals surface area contributed by atoms with E-state index in [0.717, 1.165) is 28.5 Å². The Morgan fingerprint density at radius 2 is 0.958 bits per heavy atom. The Kier molecular flexibility index (Phi) is 13.4. The number of ether oxygens (including phenoxy) is 1. The molecule has 0 saturated heterocycles. The molecular weight excluding hydrogens is 661 g/mol. The van der Waals surface area contributed by atoms with Gasteiger partial charge in [-0.3, -0.25) is 9.59 Å². The van der Waals surface area contributed by atoms with Crippen LogP contribution in [0.3, 0.4) is 0 Å². The summed E-state index contributed by atoms with van der Waals surface area (Å²) >= 11 is 0. The molecule has 0 unspecified atom stereocenters. The molecule has 7 nitrogen and oxygen atoms in total. The highest BCUT2D eigenvalue weighted by Gasteiger charge is 2.38. The molecule has 0 spiro atoms. The van der Waals surface area contributed by atoms with E-state index in [1.165, 1.54) is 0 Å². The summed E-state index contributed by atoms with van der Waals surface area (Å²) < 4.78 is 43.4. The Bertz CT molecular complexity index is 1750.